The molecule has 0 aromatic heterocycles. The van der Waals surface area contributed by atoms with Gasteiger partial charge in [-0.05, 0) is 43.2 Å². The van der Waals surface area contributed by atoms with E-state index in [0.29, 0.717) is 11.8 Å². The molecule has 7 heteroatoms. The summed E-state index contributed by atoms with van der Waals surface area (Å²) in [5.74, 6) is 2.82. The zero-order valence-corrected chi connectivity index (χ0v) is 17.5. The normalized spacial score (nSPS) is 18.6. The maximum atomic E-state index is 10.3. The third-order valence-electron chi connectivity index (χ3n) is 3.79. The summed E-state index contributed by atoms with van der Waals surface area (Å²) >= 11 is 2.02. The van der Waals surface area contributed by atoms with Crippen molar-refractivity contribution >= 4 is 41.7 Å². The molecule has 5 nitrogen and oxygen atoms in total. The summed E-state index contributed by atoms with van der Waals surface area (Å²) in [7, 11) is 1.63. The Morgan fingerprint density at radius 3 is 2.71 bits per heavy atom. The summed E-state index contributed by atoms with van der Waals surface area (Å²) in [6, 6.07) is 7.44. The summed E-state index contributed by atoms with van der Waals surface area (Å²) in [5, 5.41) is 17.5. The van der Waals surface area contributed by atoms with Crippen LogP contribution in [-0.2, 0) is 0 Å². The third-order valence-corrected chi connectivity index (χ3v) is 5.19. The summed E-state index contributed by atoms with van der Waals surface area (Å²) in [5.41, 5.74) is 0.844. The average molecular weight is 465 g/mol. The highest BCUT2D eigenvalue weighted by Gasteiger charge is 2.15. The number of rotatable bonds is 7. The molecular formula is C17H28IN3O2S. The molecule has 0 saturated carbocycles. The van der Waals surface area contributed by atoms with Gasteiger partial charge in [0.15, 0.2) is 5.96 Å². The second kappa shape index (κ2) is 11.8. The molecule has 24 heavy (non-hydrogen) atoms. The van der Waals surface area contributed by atoms with Crippen LogP contribution in [-0.4, -0.2) is 48.8 Å². The minimum atomic E-state index is -0.614. The Morgan fingerprint density at radius 2 is 2.12 bits per heavy atom. The van der Waals surface area contributed by atoms with Crippen molar-refractivity contribution in [1.82, 2.24) is 10.6 Å². The molecule has 1 aliphatic rings. The Kier molecular flexibility index (Phi) is 10.5. The monoisotopic (exact) mass is 465 g/mol. The highest BCUT2D eigenvalue weighted by Crippen LogP contribution is 2.25. The van der Waals surface area contributed by atoms with E-state index in [1.807, 2.05) is 43.0 Å². The van der Waals surface area contributed by atoms with Gasteiger partial charge in [0.1, 0.15) is 5.75 Å². The molecule has 1 aromatic rings. The number of halogens is 1. The molecule has 1 fully saturated rings. The number of thioether (sulfide) groups is 1. The van der Waals surface area contributed by atoms with E-state index in [0.717, 1.165) is 30.4 Å². The fraction of sp³-hybridized carbons (Fsp3) is 0.588. The first-order valence-electron chi connectivity index (χ1n) is 8.18. The molecule has 3 N–H and O–H groups in total. The van der Waals surface area contributed by atoms with E-state index in [4.69, 9.17) is 4.74 Å². The van der Waals surface area contributed by atoms with Crippen LogP contribution < -0.4 is 15.4 Å². The van der Waals surface area contributed by atoms with Crippen LogP contribution in [0.1, 0.15) is 31.4 Å². The number of hydrogen-bond acceptors (Lipinski definition) is 4. The van der Waals surface area contributed by atoms with Crippen molar-refractivity contribution in [2.45, 2.75) is 31.1 Å². The van der Waals surface area contributed by atoms with Crippen LogP contribution in [0, 0.1) is 0 Å². The summed E-state index contributed by atoms with van der Waals surface area (Å²) in [4.78, 5) is 4.50. The molecule has 0 bridgehead atoms. The first-order chi connectivity index (χ1) is 11.2. The molecule has 0 aliphatic carbocycles. The number of guanidine groups is 1. The second-order valence-corrected chi connectivity index (χ2v) is 6.93. The first-order valence-corrected chi connectivity index (χ1v) is 9.23. The van der Waals surface area contributed by atoms with Crippen LogP contribution in [0.5, 0.6) is 5.75 Å². The lowest BCUT2D eigenvalue weighted by Gasteiger charge is -2.15. The lowest BCUT2D eigenvalue weighted by molar-refractivity contribution is 0.187. The van der Waals surface area contributed by atoms with E-state index in [1.165, 1.54) is 18.6 Å². The van der Waals surface area contributed by atoms with Crippen LogP contribution in [0.3, 0.4) is 0 Å². The fourth-order valence-corrected chi connectivity index (χ4v) is 3.67. The number of hydrogen-bond donors (Lipinski definition) is 3. The largest absolute Gasteiger partial charge is 0.497 e. The van der Waals surface area contributed by atoms with Crippen molar-refractivity contribution in [1.29, 1.82) is 0 Å². The minimum absolute atomic E-state index is 0. The first kappa shape index (κ1) is 21.4. The Hall–Kier alpha value is -0.670. The summed E-state index contributed by atoms with van der Waals surface area (Å²) in [6.07, 6.45) is 1.96. The Balaban J connectivity index is 0.00000288. The molecule has 1 heterocycles. The molecule has 1 saturated heterocycles. The lowest BCUT2D eigenvalue weighted by atomic mass is 10.1. The maximum Gasteiger partial charge on any atom is 0.191 e. The molecule has 2 atom stereocenters. The lowest BCUT2D eigenvalue weighted by Crippen LogP contribution is -2.40. The van der Waals surface area contributed by atoms with Crippen molar-refractivity contribution in [3.8, 4) is 5.75 Å². The third kappa shape index (κ3) is 7.06. The minimum Gasteiger partial charge on any atom is -0.497 e. The number of ether oxygens (including phenoxy) is 1. The van der Waals surface area contributed by atoms with Crippen molar-refractivity contribution in [2.75, 3.05) is 32.5 Å². The number of nitrogens with one attached hydrogen (secondary N) is 2. The van der Waals surface area contributed by atoms with E-state index in [9.17, 15) is 5.11 Å². The van der Waals surface area contributed by atoms with Gasteiger partial charge in [0.05, 0.1) is 19.8 Å². The number of aliphatic hydroxyl groups excluding tert-OH is 1. The van der Waals surface area contributed by atoms with Crippen molar-refractivity contribution in [3.05, 3.63) is 29.8 Å². The SMILES string of the molecule is CCNC(=NCC(O)c1ccc(OC)cc1)NCC1CCCS1.I. The highest BCUT2D eigenvalue weighted by molar-refractivity contribution is 14.0. The van der Waals surface area contributed by atoms with Crippen LogP contribution in [0.15, 0.2) is 29.3 Å². The van der Waals surface area contributed by atoms with Gasteiger partial charge in [-0.1, -0.05) is 12.1 Å². The average Bonchev–Trinajstić information content (AvgIpc) is 3.10. The zero-order chi connectivity index (χ0) is 16.5. The highest BCUT2D eigenvalue weighted by atomic mass is 127. The predicted molar refractivity (Wildman–Crippen MR) is 113 cm³/mol. The van der Waals surface area contributed by atoms with Gasteiger partial charge in [-0.3, -0.25) is 4.99 Å². The zero-order valence-electron chi connectivity index (χ0n) is 14.3. The van der Waals surface area contributed by atoms with Gasteiger partial charge in [-0.15, -0.1) is 24.0 Å². The van der Waals surface area contributed by atoms with Crippen molar-refractivity contribution in [3.63, 3.8) is 0 Å². The number of nitrogens with zero attached hydrogens (tertiary/aromatic N) is 1. The van der Waals surface area contributed by atoms with Gasteiger partial charge in [-0.2, -0.15) is 11.8 Å². The van der Waals surface area contributed by atoms with Crippen molar-refractivity contribution in [2.24, 2.45) is 4.99 Å². The smallest absolute Gasteiger partial charge is 0.191 e. The summed E-state index contributed by atoms with van der Waals surface area (Å²) in [6.45, 7) is 4.11. The van der Waals surface area contributed by atoms with Gasteiger partial charge in [0.25, 0.3) is 0 Å². The maximum absolute atomic E-state index is 10.3. The van der Waals surface area contributed by atoms with Gasteiger partial charge in [-0.25, -0.2) is 0 Å². The van der Waals surface area contributed by atoms with Crippen LogP contribution in [0.25, 0.3) is 0 Å². The van der Waals surface area contributed by atoms with Crippen LogP contribution in [0.4, 0.5) is 0 Å². The van der Waals surface area contributed by atoms with E-state index in [1.54, 1.807) is 7.11 Å². The molecule has 2 unspecified atom stereocenters. The molecule has 0 radical (unpaired) electrons. The topological polar surface area (TPSA) is 65.9 Å². The van der Waals surface area contributed by atoms with Crippen molar-refractivity contribution < 1.29 is 9.84 Å². The Morgan fingerprint density at radius 1 is 1.38 bits per heavy atom. The number of aliphatic hydroxyl groups is 1. The summed E-state index contributed by atoms with van der Waals surface area (Å²) < 4.78 is 5.13. The fourth-order valence-electron chi connectivity index (χ4n) is 2.47. The molecule has 1 aliphatic heterocycles. The standard InChI is InChI=1S/C17H27N3O2S.HI/c1-3-18-17(19-11-15-5-4-10-23-15)20-12-16(21)13-6-8-14(22-2)9-7-13;/h6-9,15-16,21H,3-5,10-12H2,1-2H3,(H2,18,19,20);1H. The van der Waals surface area contributed by atoms with E-state index in [2.05, 4.69) is 15.6 Å². The second-order valence-electron chi connectivity index (χ2n) is 5.52. The van der Waals surface area contributed by atoms with Gasteiger partial charge in [0, 0.05) is 18.3 Å². The van der Waals surface area contributed by atoms with E-state index >= 15 is 0 Å². The molecule has 2 rings (SSSR count). The molecule has 1 aromatic carbocycles. The molecule has 0 spiro atoms. The Bertz CT molecular complexity index is 493. The molecule has 136 valence electrons. The number of benzene rings is 1. The van der Waals surface area contributed by atoms with E-state index < -0.39 is 6.10 Å². The Labute approximate surface area is 166 Å². The molecule has 0 amide bonds. The van der Waals surface area contributed by atoms with Crippen LogP contribution >= 0.6 is 35.7 Å². The predicted octanol–water partition coefficient (Wildman–Crippen LogP) is 2.80. The van der Waals surface area contributed by atoms with Gasteiger partial charge in [0.2, 0.25) is 0 Å². The van der Waals surface area contributed by atoms with Gasteiger partial charge >= 0.3 is 0 Å². The number of methoxy groups -OCH3 is 1. The van der Waals surface area contributed by atoms with E-state index in [-0.39, 0.29) is 24.0 Å². The quantitative estimate of drug-likeness (QED) is 0.329. The number of aliphatic imine (C=N–C) groups is 1. The van der Waals surface area contributed by atoms with Gasteiger partial charge < -0.3 is 20.5 Å². The molecular weight excluding hydrogens is 437 g/mol. The van der Waals surface area contributed by atoms with Crippen LogP contribution in [0.2, 0.25) is 0 Å².